The van der Waals surface area contributed by atoms with Crippen LogP contribution in [0.15, 0.2) is 12.3 Å². The van der Waals surface area contributed by atoms with Crippen LogP contribution in [-0.2, 0) is 0 Å². The van der Waals surface area contributed by atoms with Crippen molar-refractivity contribution in [1.29, 1.82) is 0 Å². The highest BCUT2D eigenvalue weighted by Crippen LogP contribution is 2.24. The number of hydrogen-bond acceptors (Lipinski definition) is 7. The quantitative estimate of drug-likeness (QED) is 0.311. The maximum absolute atomic E-state index is 5.77. The number of pyridine rings is 1. The standard InChI is InChI=1S/C8H17N7/c1-2-14-15(8(11)12)7-6(10)5(9)3-4-13-7/h3-4,8,14H,2,10-12H2,1H3,(H2,9,13). The van der Waals surface area contributed by atoms with Gasteiger partial charge in [-0.2, -0.15) is 0 Å². The highest BCUT2D eigenvalue weighted by Gasteiger charge is 2.15. The molecule has 0 fully saturated rings. The van der Waals surface area contributed by atoms with Gasteiger partial charge in [0.25, 0.3) is 0 Å². The first kappa shape index (κ1) is 11.5. The number of anilines is 3. The second-order valence-electron chi connectivity index (χ2n) is 3.01. The van der Waals surface area contributed by atoms with Crippen LogP contribution >= 0.6 is 0 Å². The lowest BCUT2D eigenvalue weighted by Gasteiger charge is -2.28. The van der Waals surface area contributed by atoms with Gasteiger partial charge in [-0.15, -0.1) is 0 Å². The van der Waals surface area contributed by atoms with Crippen molar-refractivity contribution in [3.63, 3.8) is 0 Å². The normalized spacial score (nSPS) is 10.7. The molecule has 1 aromatic rings. The van der Waals surface area contributed by atoms with Gasteiger partial charge < -0.3 is 11.5 Å². The van der Waals surface area contributed by atoms with Crippen LogP contribution in [0.25, 0.3) is 0 Å². The largest absolute Gasteiger partial charge is 0.397 e. The van der Waals surface area contributed by atoms with E-state index in [1.807, 2.05) is 6.92 Å². The van der Waals surface area contributed by atoms with Gasteiger partial charge in [-0.3, -0.25) is 16.5 Å². The Bertz CT molecular complexity index is 325. The first-order chi connectivity index (χ1) is 7.07. The van der Waals surface area contributed by atoms with E-state index in [0.717, 1.165) is 0 Å². The minimum absolute atomic E-state index is 0.361. The molecule has 1 heterocycles. The highest BCUT2D eigenvalue weighted by atomic mass is 15.6. The van der Waals surface area contributed by atoms with Crippen molar-refractivity contribution >= 4 is 17.2 Å². The van der Waals surface area contributed by atoms with E-state index in [-0.39, 0.29) is 0 Å². The van der Waals surface area contributed by atoms with Crippen molar-refractivity contribution in [2.45, 2.75) is 13.2 Å². The van der Waals surface area contributed by atoms with E-state index in [1.165, 1.54) is 5.01 Å². The predicted molar refractivity (Wildman–Crippen MR) is 61.4 cm³/mol. The monoisotopic (exact) mass is 211 g/mol. The lowest BCUT2D eigenvalue weighted by atomic mass is 10.3. The van der Waals surface area contributed by atoms with Gasteiger partial charge in [0.15, 0.2) is 5.82 Å². The van der Waals surface area contributed by atoms with Crippen LogP contribution in [0, 0.1) is 0 Å². The Kier molecular flexibility index (Phi) is 3.67. The lowest BCUT2D eigenvalue weighted by molar-refractivity contribution is 0.540. The summed E-state index contributed by atoms with van der Waals surface area (Å²) in [5.41, 5.74) is 26.3. The van der Waals surface area contributed by atoms with Crippen molar-refractivity contribution < 1.29 is 0 Å². The van der Waals surface area contributed by atoms with Crippen LogP contribution in [0.2, 0.25) is 0 Å². The summed E-state index contributed by atoms with van der Waals surface area (Å²) < 4.78 is 0. The Morgan fingerprint density at radius 1 is 1.47 bits per heavy atom. The van der Waals surface area contributed by atoms with Crippen molar-refractivity contribution in [2.75, 3.05) is 23.0 Å². The van der Waals surface area contributed by atoms with Gasteiger partial charge in [0.1, 0.15) is 6.29 Å². The summed E-state index contributed by atoms with van der Waals surface area (Å²) in [7, 11) is 0. The maximum atomic E-state index is 5.77. The van der Waals surface area contributed by atoms with E-state index in [2.05, 4.69) is 10.4 Å². The summed E-state index contributed by atoms with van der Waals surface area (Å²) in [6.07, 6.45) is 0.815. The Balaban J connectivity index is 3.05. The third-order valence-electron chi connectivity index (χ3n) is 1.86. The molecule has 0 aliphatic carbocycles. The third-order valence-corrected chi connectivity index (χ3v) is 1.86. The van der Waals surface area contributed by atoms with Crippen LogP contribution in [0.5, 0.6) is 0 Å². The zero-order chi connectivity index (χ0) is 11.4. The number of nitrogens with two attached hydrogens (primary N) is 4. The van der Waals surface area contributed by atoms with Crippen molar-refractivity contribution in [3.8, 4) is 0 Å². The fourth-order valence-electron chi connectivity index (χ4n) is 1.16. The molecule has 0 aliphatic heterocycles. The fourth-order valence-corrected chi connectivity index (χ4v) is 1.16. The molecule has 0 saturated heterocycles. The van der Waals surface area contributed by atoms with Gasteiger partial charge in [-0.25, -0.2) is 10.4 Å². The summed E-state index contributed by atoms with van der Waals surface area (Å²) in [5, 5.41) is 1.48. The Labute approximate surface area is 88.4 Å². The van der Waals surface area contributed by atoms with E-state index in [0.29, 0.717) is 23.7 Å². The first-order valence-corrected chi connectivity index (χ1v) is 4.61. The Hall–Kier alpha value is -1.57. The van der Waals surface area contributed by atoms with Crippen molar-refractivity contribution in [3.05, 3.63) is 12.3 Å². The fraction of sp³-hybridized carbons (Fsp3) is 0.375. The molecule has 15 heavy (non-hydrogen) atoms. The van der Waals surface area contributed by atoms with Crippen LogP contribution in [0.3, 0.4) is 0 Å². The number of nitrogens with one attached hydrogen (secondary N) is 1. The summed E-state index contributed by atoms with van der Waals surface area (Å²) in [4.78, 5) is 4.08. The molecule has 7 heteroatoms. The zero-order valence-electron chi connectivity index (χ0n) is 8.64. The number of nitrogens with zero attached hydrogens (tertiary/aromatic N) is 2. The van der Waals surface area contributed by atoms with Gasteiger partial charge in [0.05, 0.1) is 11.4 Å². The van der Waals surface area contributed by atoms with E-state index >= 15 is 0 Å². The maximum Gasteiger partial charge on any atom is 0.170 e. The van der Waals surface area contributed by atoms with Gasteiger partial charge in [-0.05, 0) is 6.07 Å². The Morgan fingerprint density at radius 2 is 2.13 bits per heavy atom. The highest BCUT2D eigenvalue weighted by molar-refractivity contribution is 5.75. The minimum atomic E-state index is -0.735. The number of nitrogen functional groups attached to an aromatic ring is 2. The van der Waals surface area contributed by atoms with E-state index in [4.69, 9.17) is 22.9 Å². The molecule has 0 amide bonds. The van der Waals surface area contributed by atoms with E-state index < -0.39 is 6.29 Å². The average molecular weight is 211 g/mol. The van der Waals surface area contributed by atoms with Crippen molar-refractivity contribution in [2.24, 2.45) is 11.5 Å². The molecule has 0 aliphatic rings. The van der Waals surface area contributed by atoms with Crippen LogP contribution < -0.4 is 33.4 Å². The second-order valence-corrected chi connectivity index (χ2v) is 3.01. The Morgan fingerprint density at radius 3 is 2.67 bits per heavy atom. The smallest absolute Gasteiger partial charge is 0.170 e. The number of rotatable bonds is 4. The molecule has 0 atom stereocenters. The minimum Gasteiger partial charge on any atom is -0.397 e. The van der Waals surface area contributed by atoms with Crippen LogP contribution in [-0.4, -0.2) is 17.8 Å². The summed E-state index contributed by atoms with van der Waals surface area (Å²) in [6.45, 7) is 2.57. The molecule has 84 valence electrons. The second kappa shape index (κ2) is 4.78. The molecule has 0 unspecified atom stereocenters. The number of hydrazine groups is 1. The summed E-state index contributed by atoms with van der Waals surface area (Å²) in [5.74, 6) is 0.437. The number of aromatic nitrogens is 1. The molecule has 1 aromatic heterocycles. The van der Waals surface area contributed by atoms with E-state index in [9.17, 15) is 0 Å². The van der Waals surface area contributed by atoms with Crippen molar-refractivity contribution in [1.82, 2.24) is 10.4 Å². The zero-order valence-corrected chi connectivity index (χ0v) is 8.64. The van der Waals surface area contributed by atoms with Gasteiger partial charge >= 0.3 is 0 Å². The molecule has 7 nitrogen and oxygen atoms in total. The lowest BCUT2D eigenvalue weighted by Crippen LogP contribution is -2.56. The number of hydrogen-bond donors (Lipinski definition) is 5. The molecular weight excluding hydrogens is 194 g/mol. The van der Waals surface area contributed by atoms with Crippen LogP contribution in [0.4, 0.5) is 17.2 Å². The third kappa shape index (κ3) is 2.46. The van der Waals surface area contributed by atoms with Gasteiger partial charge in [-0.1, -0.05) is 6.92 Å². The van der Waals surface area contributed by atoms with Gasteiger partial charge in [0.2, 0.25) is 0 Å². The summed E-state index contributed by atoms with van der Waals surface area (Å²) in [6, 6.07) is 1.62. The molecule has 0 aromatic carbocycles. The molecule has 0 spiro atoms. The topological polar surface area (TPSA) is 132 Å². The average Bonchev–Trinajstić information content (AvgIpc) is 2.19. The molecule has 1 rings (SSSR count). The van der Waals surface area contributed by atoms with E-state index in [1.54, 1.807) is 12.3 Å². The summed E-state index contributed by atoms with van der Waals surface area (Å²) >= 11 is 0. The predicted octanol–water partition coefficient (Wildman–Crippen LogP) is -1.22. The molecular formula is C8H17N7. The molecule has 0 saturated carbocycles. The van der Waals surface area contributed by atoms with Gasteiger partial charge in [0, 0.05) is 12.7 Å². The first-order valence-electron chi connectivity index (χ1n) is 4.61. The SMILES string of the molecule is CCNN(c1nccc(N)c1N)C(N)N. The molecule has 0 bridgehead atoms. The van der Waals surface area contributed by atoms with Crippen LogP contribution in [0.1, 0.15) is 6.92 Å². The molecule has 0 radical (unpaired) electrons. The molecule has 9 N–H and O–H groups in total.